The molecule has 3 nitrogen and oxygen atoms in total. The van der Waals surface area contributed by atoms with Gasteiger partial charge in [-0.1, -0.05) is 38.6 Å². The lowest BCUT2D eigenvalue weighted by Gasteiger charge is -2.19. The Morgan fingerprint density at radius 2 is 2.14 bits per heavy atom. The molecule has 0 aromatic heterocycles. The molecule has 0 atom stereocenters. The van der Waals surface area contributed by atoms with Crippen molar-refractivity contribution in [1.82, 2.24) is 4.90 Å². The zero-order valence-corrected chi connectivity index (χ0v) is 15.1. The molecule has 2 rings (SSSR count). The monoisotopic (exact) mass is 385 g/mol. The predicted molar refractivity (Wildman–Crippen MR) is 89.7 cm³/mol. The minimum atomic E-state index is -0.482. The van der Waals surface area contributed by atoms with E-state index in [9.17, 15) is 14.0 Å². The van der Waals surface area contributed by atoms with Crippen molar-refractivity contribution >= 4 is 39.4 Å². The molecule has 0 unspecified atom stereocenters. The quantitative estimate of drug-likeness (QED) is 0.734. The van der Waals surface area contributed by atoms with Crippen molar-refractivity contribution < 1.29 is 14.0 Å². The Kier molecular flexibility index (Phi) is 5.12. The van der Waals surface area contributed by atoms with Crippen molar-refractivity contribution in [2.75, 3.05) is 5.75 Å². The molecule has 0 radical (unpaired) electrons. The standard InChI is InChI=1S/C16H17BrFNO2S/c1-16(2,3)13(20)7-15-19(14(21)9-22-15)8-10-4-5-12(18)11(17)6-10/h4-7H,8-9H2,1-3H3/b15-7-. The molecule has 1 saturated heterocycles. The third-order valence-electron chi connectivity index (χ3n) is 3.23. The topological polar surface area (TPSA) is 37.4 Å². The number of carbonyl (C=O) groups excluding carboxylic acids is 2. The van der Waals surface area contributed by atoms with Crippen LogP contribution in [0.1, 0.15) is 26.3 Å². The van der Waals surface area contributed by atoms with Gasteiger partial charge in [0.25, 0.3) is 0 Å². The summed E-state index contributed by atoms with van der Waals surface area (Å²) in [4.78, 5) is 25.8. The van der Waals surface area contributed by atoms with Gasteiger partial charge in [0.2, 0.25) is 5.91 Å². The predicted octanol–water partition coefficient (Wildman–Crippen LogP) is 4.12. The van der Waals surface area contributed by atoms with E-state index in [4.69, 9.17) is 0 Å². The zero-order valence-electron chi connectivity index (χ0n) is 12.7. The Balaban J connectivity index is 2.23. The number of carbonyl (C=O) groups is 2. The van der Waals surface area contributed by atoms with E-state index >= 15 is 0 Å². The maximum Gasteiger partial charge on any atom is 0.238 e. The summed E-state index contributed by atoms with van der Waals surface area (Å²) >= 11 is 4.50. The molecule has 1 amide bonds. The van der Waals surface area contributed by atoms with Gasteiger partial charge in [-0.15, -0.1) is 0 Å². The van der Waals surface area contributed by atoms with Crippen molar-refractivity contribution in [1.29, 1.82) is 0 Å². The molecule has 1 heterocycles. The van der Waals surface area contributed by atoms with Gasteiger partial charge < -0.3 is 4.90 Å². The number of hydrogen-bond acceptors (Lipinski definition) is 3. The molecule has 6 heteroatoms. The van der Waals surface area contributed by atoms with Crippen LogP contribution in [0, 0.1) is 11.2 Å². The Bertz CT molecular complexity index is 652. The number of ketones is 1. The number of rotatable bonds is 3. The van der Waals surface area contributed by atoms with Crippen LogP contribution in [-0.2, 0) is 16.1 Å². The summed E-state index contributed by atoms with van der Waals surface area (Å²) in [6.45, 7) is 5.85. The molecule has 0 bridgehead atoms. The third kappa shape index (κ3) is 3.98. The second-order valence-corrected chi connectivity index (χ2v) is 7.96. The van der Waals surface area contributed by atoms with Gasteiger partial charge in [0, 0.05) is 11.5 Å². The number of hydrogen-bond donors (Lipinski definition) is 0. The lowest BCUT2D eigenvalue weighted by atomic mass is 9.91. The van der Waals surface area contributed by atoms with Gasteiger partial charge in [-0.3, -0.25) is 9.59 Å². The van der Waals surface area contributed by atoms with Crippen LogP contribution >= 0.6 is 27.7 Å². The number of allylic oxidation sites excluding steroid dienone is 1. The molecule has 1 aliphatic rings. The minimum absolute atomic E-state index is 0.0185. The van der Waals surface area contributed by atoms with Crippen molar-refractivity contribution in [3.05, 3.63) is 45.2 Å². The van der Waals surface area contributed by atoms with Crippen molar-refractivity contribution in [3.8, 4) is 0 Å². The normalized spacial score (nSPS) is 17.4. The van der Waals surface area contributed by atoms with E-state index < -0.39 is 5.41 Å². The summed E-state index contributed by atoms with van der Waals surface area (Å²) in [5.41, 5.74) is 0.322. The van der Waals surface area contributed by atoms with E-state index in [0.29, 0.717) is 21.8 Å². The second-order valence-electron chi connectivity index (χ2n) is 6.11. The minimum Gasteiger partial charge on any atom is -0.301 e. The fourth-order valence-corrected chi connectivity index (χ4v) is 3.22. The Labute approximate surface area is 142 Å². The van der Waals surface area contributed by atoms with Gasteiger partial charge in [0.15, 0.2) is 5.78 Å². The molecular formula is C16H17BrFNO2S. The van der Waals surface area contributed by atoms with Crippen LogP contribution in [0.3, 0.4) is 0 Å². The van der Waals surface area contributed by atoms with E-state index in [1.807, 2.05) is 20.8 Å². The highest BCUT2D eigenvalue weighted by Crippen LogP contribution is 2.32. The first kappa shape index (κ1) is 17.2. The summed E-state index contributed by atoms with van der Waals surface area (Å²) < 4.78 is 13.6. The molecule has 0 saturated carbocycles. The summed E-state index contributed by atoms with van der Waals surface area (Å²) in [6, 6.07) is 4.64. The zero-order chi connectivity index (χ0) is 16.5. The first-order valence-electron chi connectivity index (χ1n) is 6.81. The first-order chi connectivity index (χ1) is 10.2. The Morgan fingerprint density at radius 3 is 2.73 bits per heavy atom. The van der Waals surface area contributed by atoms with Crippen LogP contribution in [0.25, 0.3) is 0 Å². The van der Waals surface area contributed by atoms with E-state index in [2.05, 4.69) is 15.9 Å². The van der Waals surface area contributed by atoms with Crippen LogP contribution < -0.4 is 0 Å². The van der Waals surface area contributed by atoms with E-state index in [1.54, 1.807) is 17.0 Å². The van der Waals surface area contributed by atoms with Crippen LogP contribution in [0.15, 0.2) is 33.8 Å². The number of nitrogens with zero attached hydrogens (tertiary/aromatic N) is 1. The largest absolute Gasteiger partial charge is 0.301 e. The molecule has 1 fully saturated rings. The van der Waals surface area contributed by atoms with E-state index in [1.165, 1.54) is 23.9 Å². The highest BCUT2D eigenvalue weighted by atomic mass is 79.9. The molecule has 118 valence electrons. The van der Waals surface area contributed by atoms with Gasteiger partial charge >= 0.3 is 0 Å². The average molecular weight is 386 g/mol. The summed E-state index contributed by atoms with van der Waals surface area (Å²) in [5, 5.41) is 0.658. The SMILES string of the molecule is CC(C)(C)C(=O)/C=C1\SCC(=O)N1Cc1ccc(F)c(Br)c1. The summed E-state index contributed by atoms with van der Waals surface area (Å²) in [5.74, 6) is -0.0797. The smallest absolute Gasteiger partial charge is 0.238 e. The fraction of sp³-hybridized carbons (Fsp3) is 0.375. The number of halogens is 2. The molecule has 0 aliphatic carbocycles. The highest BCUT2D eigenvalue weighted by Gasteiger charge is 2.29. The van der Waals surface area contributed by atoms with Crippen molar-refractivity contribution in [2.24, 2.45) is 5.41 Å². The Hall–Kier alpha value is -1.14. The van der Waals surface area contributed by atoms with Gasteiger partial charge in [-0.05, 0) is 33.6 Å². The van der Waals surface area contributed by atoms with E-state index in [0.717, 1.165) is 5.56 Å². The van der Waals surface area contributed by atoms with Gasteiger partial charge in [-0.2, -0.15) is 0 Å². The first-order valence-corrected chi connectivity index (χ1v) is 8.59. The van der Waals surface area contributed by atoms with Gasteiger partial charge in [0.05, 0.1) is 21.8 Å². The van der Waals surface area contributed by atoms with Crippen LogP contribution in [0.4, 0.5) is 4.39 Å². The Morgan fingerprint density at radius 1 is 1.45 bits per heavy atom. The van der Waals surface area contributed by atoms with Gasteiger partial charge in [-0.25, -0.2) is 4.39 Å². The summed E-state index contributed by atoms with van der Waals surface area (Å²) in [6.07, 6.45) is 1.54. The fourth-order valence-electron chi connectivity index (χ4n) is 1.85. The molecular weight excluding hydrogens is 369 g/mol. The second kappa shape index (κ2) is 6.54. The lowest BCUT2D eigenvalue weighted by molar-refractivity contribution is -0.125. The molecule has 0 spiro atoms. The number of benzene rings is 1. The van der Waals surface area contributed by atoms with Crippen molar-refractivity contribution in [3.63, 3.8) is 0 Å². The van der Waals surface area contributed by atoms with Crippen LogP contribution in [-0.4, -0.2) is 22.3 Å². The van der Waals surface area contributed by atoms with Crippen LogP contribution in [0.5, 0.6) is 0 Å². The van der Waals surface area contributed by atoms with Crippen molar-refractivity contribution in [2.45, 2.75) is 27.3 Å². The molecule has 1 aromatic rings. The number of amides is 1. The summed E-state index contributed by atoms with van der Waals surface area (Å²) in [7, 11) is 0. The third-order valence-corrected chi connectivity index (χ3v) is 4.86. The lowest BCUT2D eigenvalue weighted by Crippen LogP contribution is -2.25. The average Bonchev–Trinajstić information content (AvgIpc) is 2.74. The maximum atomic E-state index is 13.3. The number of thioether (sulfide) groups is 1. The molecule has 0 N–H and O–H groups in total. The van der Waals surface area contributed by atoms with Gasteiger partial charge in [0.1, 0.15) is 5.82 Å². The molecule has 1 aromatic carbocycles. The molecule has 22 heavy (non-hydrogen) atoms. The van der Waals surface area contributed by atoms with E-state index in [-0.39, 0.29) is 17.5 Å². The maximum absolute atomic E-state index is 13.3. The molecule has 1 aliphatic heterocycles. The van der Waals surface area contributed by atoms with Crippen LogP contribution in [0.2, 0.25) is 0 Å². The highest BCUT2D eigenvalue weighted by molar-refractivity contribution is 9.10.